The molecule has 0 radical (unpaired) electrons. The number of benzene rings is 6. The van der Waals surface area contributed by atoms with Gasteiger partial charge in [-0.05, 0) is 70.5 Å². The van der Waals surface area contributed by atoms with Crippen LogP contribution in [0.15, 0.2) is 115 Å². The third kappa shape index (κ3) is 4.82. The Hall–Kier alpha value is -5.73. The van der Waals surface area contributed by atoms with Crippen LogP contribution < -0.4 is 0 Å². The SMILES string of the molecule is CC(C)(C)c1ccc2c3ccccc3n(-c3cc(C#N)c(-c4c(F)cccc4F)cc3-n3c4ccccc4c4ccc(C(C)(C)C)cc43)c2c1. The summed E-state index contributed by atoms with van der Waals surface area (Å²) in [6.07, 6.45) is 0. The van der Waals surface area contributed by atoms with Crippen LogP contribution in [0.3, 0.4) is 0 Å². The predicted molar refractivity (Wildman–Crippen MR) is 203 cm³/mol. The maximum Gasteiger partial charge on any atom is 0.134 e. The second kappa shape index (κ2) is 11.1. The Labute approximate surface area is 290 Å². The van der Waals surface area contributed by atoms with Gasteiger partial charge < -0.3 is 9.13 Å². The maximum absolute atomic E-state index is 15.6. The lowest BCUT2D eigenvalue weighted by atomic mass is 9.86. The van der Waals surface area contributed by atoms with Crippen LogP contribution in [0.2, 0.25) is 0 Å². The molecule has 0 bridgehead atoms. The van der Waals surface area contributed by atoms with E-state index in [0.717, 1.165) is 54.9 Å². The lowest BCUT2D eigenvalue weighted by Gasteiger charge is -2.22. The van der Waals surface area contributed by atoms with Gasteiger partial charge in [-0.1, -0.05) is 108 Å². The van der Waals surface area contributed by atoms with Crippen LogP contribution in [0.1, 0.15) is 58.2 Å². The van der Waals surface area contributed by atoms with Crippen LogP contribution in [-0.4, -0.2) is 9.13 Å². The molecule has 50 heavy (non-hydrogen) atoms. The summed E-state index contributed by atoms with van der Waals surface area (Å²) >= 11 is 0. The van der Waals surface area contributed by atoms with Crippen LogP contribution >= 0.6 is 0 Å². The third-order valence-electron chi connectivity index (χ3n) is 10.0. The van der Waals surface area contributed by atoms with E-state index in [9.17, 15) is 5.26 Å². The summed E-state index contributed by atoms with van der Waals surface area (Å²) in [6, 6.07) is 39.4. The van der Waals surface area contributed by atoms with Gasteiger partial charge in [0.05, 0.1) is 50.6 Å². The van der Waals surface area contributed by atoms with E-state index < -0.39 is 11.6 Å². The first kappa shape index (κ1) is 31.5. The van der Waals surface area contributed by atoms with E-state index in [4.69, 9.17) is 0 Å². The highest BCUT2D eigenvalue weighted by atomic mass is 19.1. The summed E-state index contributed by atoms with van der Waals surface area (Å²) in [5.74, 6) is -1.44. The summed E-state index contributed by atoms with van der Waals surface area (Å²) in [6.45, 7) is 13.2. The first-order chi connectivity index (χ1) is 23.9. The number of para-hydroxylation sites is 2. The van der Waals surface area contributed by atoms with Gasteiger partial charge in [0.25, 0.3) is 0 Å². The Morgan fingerprint density at radius 1 is 0.500 bits per heavy atom. The smallest absolute Gasteiger partial charge is 0.134 e. The number of nitriles is 1. The van der Waals surface area contributed by atoms with Crippen LogP contribution in [0.4, 0.5) is 8.78 Å². The van der Waals surface area contributed by atoms with Crippen LogP contribution in [0, 0.1) is 23.0 Å². The second-order valence-electron chi connectivity index (χ2n) is 15.3. The van der Waals surface area contributed by atoms with Gasteiger partial charge in [0.1, 0.15) is 11.6 Å². The average molecular weight is 658 g/mol. The third-order valence-corrected chi connectivity index (χ3v) is 10.0. The molecule has 0 atom stereocenters. The molecule has 0 aliphatic heterocycles. The molecule has 0 aliphatic rings. The molecule has 8 aromatic rings. The molecule has 0 saturated heterocycles. The Morgan fingerprint density at radius 2 is 0.940 bits per heavy atom. The molecule has 5 heteroatoms. The first-order valence-electron chi connectivity index (χ1n) is 17.0. The fourth-order valence-corrected chi connectivity index (χ4v) is 7.38. The van der Waals surface area contributed by atoms with Gasteiger partial charge in [0.15, 0.2) is 0 Å². The molecule has 0 fully saturated rings. The topological polar surface area (TPSA) is 33.6 Å². The number of fused-ring (bicyclic) bond motifs is 6. The fourth-order valence-electron chi connectivity index (χ4n) is 7.38. The molecule has 0 unspecified atom stereocenters. The van der Waals surface area contributed by atoms with Crippen LogP contribution in [0.25, 0.3) is 66.1 Å². The molecule has 3 nitrogen and oxygen atoms in total. The lowest BCUT2D eigenvalue weighted by Crippen LogP contribution is -2.12. The molecular formula is C45H37F2N3. The van der Waals surface area contributed by atoms with Crippen LogP contribution in [-0.2, 0) is 10.8 Å². The lowest BCUT2D eigenvalue weighted by molar-refractivity contribution is 0.589. The zero-order valence-corrected chi connectivity index (χ0v) is 29.1. The van der Waals surface area contributed by atoms with Gasteiger partial charge in [0, 0.05) is 27.1 Å². The minimum atomic E-state index is -0.718. The van der Waals surface area contributed by atoms with Gasteiger partial charge in [-0.15, -0.1) is 0 Å². The van der Waals surface area contributed by atoms with E-state index in [1.165, 1.54) is 23.8 Å². The van der Waals surface area contributed by atoms with Crippen molar-refractivity contribution in [3.05, 3.63) is 144 Å². The Balaban J connectivity index is 1.61. The molecular weight excluding hydrogens is 621 g/mol. The van der Waals surface area contributed by atoms with Crippen molar-refractivity contribution >= 4 is 43.6 Å². The minimum Gasteiger partial charge on any atom is -0.307 e. The predicted octanol–water partition coefficient (Wildman–Crippen LogP) is 12.3. The number of hydrogen-bond donors (Lipinski definition) is 0. The van der Waals surface area contributed by atoms with Crippen molar-refractivity contribution in [2.45, 2.75) is 52.4 Å². The highest BCUT2D eigenvalue weighted by Crippen LogP contribution is 2.43. The largest absolute Gasteiger partial charge is 0.307 e. The monoisotopic (exact) mass is 657 g/mol. The van der Waals surface area contributed by atoms with Crippen molar-refractivity contribution < 1.29 is 8.78 Å². The standard InChI is InChI=1S/C45H37F2N3/c1-44(2,3)28-18-20-32-30-12-7-9-16-37(30)49(39(32)23-28)41-22-27(26-48)34(43-35(46)14-11-15-36(43)47)25-42(41)50-38-17-10-8-13-31(38)33-21-19-29(24-40(33)50)45(4,5)6/h7-25H,1-6H3. The Kier molecular flexibility index (Phi) is 7.03. The van der Waals surface area contributed by atoms with Crippen molar-refractivity contribution in [1.82, 2.24) is 9.13 Å². The number of rotatable bonds is 3. The number of nitrogens with zero attached hydrogens (tertiary/aromatic N) is 3. The summed E-state index contributed by atoms with van der Waals surface area (Å²) in [5, 5.41) is 14.9. The molecule has 0 aliphatic carbocycles. The van der Waals surface area contributed by atoms with E-state index in [2.05, 4.69) is 117 Å². The van der Waals surface area contributed by atoms with Gasteiger partial charge >= 0.3 is 0 Å². The van der Waals surface area contributed by atoms with Crippen molar-refractivity contribution in [3.63, 3.8) is 0 Å². The molecule has 2 heterocycles. The van der Waals surface area contributed by atoms with Crippen LogP contribution in [0.5, 0.6) is 0 Å². The van der Waals surface area contributed by atoms with Gasteiger partial charge in [-0.3, -0.25) is 0 Å². The van der Waals surface area contributed by atoms with Crippen molar-refractivity contribution in [3.8, 4) is 28.6 Å². The molecule has 2 aromatic heterocycles. The fraction of sp³-hybridized carbons (Fsp3) is 0.178. The minimum absolute atomic E-state index is 0.113. The average Bonchev–Trinajstić information content (AvgIpc) is 3.59. The van der Waals surface area contributed by atoms with E-state index in [-0.39, 0.29) is 27.5 Å². The first-order valence-corrected chi connectivity index (χ1v) is 17.0. The highest BCUT2D eigenvalue weighted by Gasteiger charge is 2.26. The van der Waals surface area contributed by atoms with E-state index >= 15 is 8.78 Å². The zero-order valence-electron chi connectivity index (χ0n) is 29.1. The second-order valence-corrected chi connectivity index (χ2v) is 15.3. The van der Waals surface area contributed by atoms with E-state index in [1.54, 1.807) is 12.1 Å². The summed E-state index contributed by atoms with van der Waals surface area (Å²) in [7, 11) is 0. The van der Waals surface area contributed by atoms with E-state index in [0.29, 0.717) is 5.69 Å². The molecule has 6 aromatic carbocycles. The van der Waals surface area contributed by atoms with Crippen molar-refractivity contribution in [2.75, 3.05) is 0 Å². The molecule has 0 amide bonds. The number of aromatic nitrogens is 2. The Bertz CT molecular complexity index is 2690. The molecule has 246 valence electrons. The molecule has 8 rings (SSSR count). The quantitative estimate of drug-likeness (QED) is 0.186. The molecule has 0 N–H and O–H groups in total. The van der Waals surface area contributed by atoms with Crippen molar-refractivity contribution in [1.29, 1.82) is 5.26 Å². The highest BCUT2D eigenvalue weighted by molar-refractivity contribution is 6.12. The summed E-state index contributed by atoms with van der Waals surface area (Å²) in [4.78, 5) is 0. The van der Waals surface area contributed by atoms with Gasteiger partial charge in [-0.25, -0.2) is 8.78 Å². The van der Waals surface area contributed by atoms with E-state index in [1.807, 2.05) is 24.3 Å². The van der Waals surface area contributed by atoms with Gasteiger partial charge in [0.2, 0.25) is 0 Å². The van der Waals surface area contributed by atoms with Gasteiger partial charge in [-0.2, -0.15) is 5.26 Å². The molecule has 0 saturated carbocycles. The summed E-state index contributed by atoms with van der Waals surface area (Å²) < 4.78 is 35.6. The normalized spacial score (nSPS) is 12.4. The van der Waals surface area contributed by atoms with Crippen molar-refractivity contribution in [2.24, 2.45) is 0 Å². The molecule has 0 spiro atoms. The number of halogens is 2. The maximum atomic E-state index is 15.6. The zero-order chi connectivity index (χ0) is 35.1. The Morgan fingerprint density at radius 3 is 1.40 bits per heavy atom. The summed E-state index contributed by atoms with van der Waals surface area (Å²) in [5.41, 5.74) is 7.61. The number of hydrogen-bond acceptors (Lipinski definition) is 1.